The Kier molecular flexibility index (Phi) is 2.13. The molecule has 2 aliphatic carbocycles. The first kappa shape index (κ1) is 9.40. The van der Waals surface area contributed by atoms with E-state index in [1.54, 1.807) is 0 Å². The molecule has 0 saturated heterocycles. The Morgan fingerprint density at radius 1 is 1.06 bits per heavy atom. The molecule has 2 nitrogen and oxygen atoms in total. The Morgan fingerprint density at radius 3 is 2.81 bits per heavy atom. The molecule has 0 aromatic rings. The highest BCUT2D eigenvalue weighted by atomic mass is 16.5. The van der Waals surface area contributed by atoms with E-state index in [0.29, 0.717) is 0 Å². The predicted molar refractivity (Wildman–Crippen MR) is 60.2 cm³/mol. The van der Waals surface area contributed by atoms with Crippen LogP contribution in [0.4, 0.5) is 0 Å². The first-order valence-corrected chi connectivity index (χ1v) is 5.39. The van der Waals surface area contributed by atoms with Crippen molar-refractivity contribution in [2.75, 3.05) is 0 Å². The zero-order valence-electron chi connectivity index (χ0n) is 8.67. The fourth-order valence-corrected chi connectivity index (χ4v) is 2.34. The molecule has 0 amide bonds. The minimum absolute atomic E-state index is 0.163. The van der Waals surface area contributed by atoms with Crippen LogP contribution in [-0.4, -0.2) is 12.1 Å². The van der Waals surface area contributed by atoms with Gasteiger partial charge in [0.2, 0.25) is 0 Å². The number of hydrogen-bond donors (Lipinski definition) is 0. The van der Waals surface area contributed by atoms with Gasteiger partial charge in [-0.1, -0.05) is 42.5 Å². The summed E-state index contributed by atoms with van der Waals surface area (Å²) in [7, 11) is 0. The van der Waals surface area contributed by atoms with Gasteiger partial charge in [-0.15, -0.1) is 0 Å². The third-order valence-corrected chi connectivity index (χ3v) is 3.09. The van der Waals surface area contributed by atoms with Crippen LogP contribution in [0.25, 0.3) is 0 Å². The van der Waals surface area contributed by atoms with Crippen molar-refractivity contribution in [3.63, 3.8) is 0 Å². The van der Waals surface area contributed by atoms with Crippen molar-refractivity contribution in [3.05, 3.63) is 60.3 Å². The molecule has 2 heteroatoms. The maximum Gasteiger partial charge on any atom is 0.339 e. The Bertz CT molecular complexity index is 463. The van der Waals surface area contributed by atoms with E-state index in [1.807, 2.05) is 36.5 Å². The van der Waals surface area contributed by atoms with Crippen LogP contribution >= 0.6 is 0 Å². The minimum atomic E-state index is -0.368. The molecule has 0 bridgehead atoms. The summed E-state index contributed by atoms with van der Waals surface area (Å²) in [6.07, 6.45) is 18.5. The van der Waals surface area contributed by atoms with Crippen LogP contribution in [0.15, 0.2) is 54.2 Å². The van der Waals surface area contributed by atoms with Gasteiger partial charge in [0.05, 0.1) is 6.08 Å². The van der Waals surface area contributed by atoms with E-state index < -0.39 is 0 Å². The van der Waals surface area contributed by atoms with E-state index in [0.717, 1.165) is 5.57 Å². The molecule has 0 fully saturated rings. The molecule has 0 spiro atoms. The van der Waals surface area contributed by atoms with Gasteiger partial charge in [0.25, 0.3) is 0 Å². The Hall–Kier alpha value is -1.83. The molecule has 16 heavy (non-hydrogen) atoms. The number of rotatable bonds is 0. The largest absolute Gasteiger partial charge is 0.454 e. The number of esters is 1. The Labute approximate surface area is 94.3 Å². The molecule has 3 unspecified atom stereocenters. The zero-order chi connectivity index (χ0) is 11.0. The number of ether oxygens (including phenoxy) is 1. The summed E-state index contributed by atoms with van der Waals surface area (Å²) in [5.41, 5.74) is 0.917. The quantitative estimate of drug-likeness (QED) is 0.574. The lowest BCUT2D eigenvalue weighted by atomic mass is 9.79. The Morgan fingerprint density at radius 2 is 1.88 bits per heavy atom. The molecule has 0 N–H and O–H groups in total. The molecular weight excluding hydrogens is 200 g/mol. The highest BCUT2D eigenvalue weighted by Gasteiger charge is 2.33. The monoisotopic (exact) mass is 211 g/mol. The summed E-state index contributed by atoms with van der Waals surface area (Å²) >= 11 is 0. The van der Waals surface area contributed by atoms with Crippen molar-refractivity contribution in [2.24, 2.45) is 11.8 Å². The summed E-state index contributed by atoms with van der Waals surface area (Å²) < 4.78 is 5.33. The lowest BCUT2D eigenvalue weighted by molar-refractivity contribution is -0.142. The van der Waals surface area contributed by atoms with Crippen LogP contribution in [0.5, 0.6) is 0 Å². The summed E-state index contributed by atoms with van der Waals surface area (Å²) in [6, 6.07) is 0. The van der Waals surface area contributed by atoms with Gasteiger partial charge in [-0.3, -0.25) is 0 Å². The van der Waals surface area contributed by atoms with Crippen LogP contribution < -0.4 is 0 Å². The molecule has 0 aromatic carbocycles. The molecule has 1 heterocycles. The van der Waals surface area contributed by atoms with Crippen molar-refractivity contribution < 1.29 is 9.53 Å². The summed E-state index contributed by atoms with van der Waals surface area (Å²) in [5, 5.41) is 0. The SMILES string of the molecule is O=C1[C]=C2C=CC=CC2C2C=CC=CC2O1. The van der Waals surface area contributed by atoms with Crippen LogP contribution in [0, 0.1) is 17.9 Å². The van der Waals surface area contributed by atoms with Crippen LogP contribution in [0.1, 0.15) is 0 Å². The topological polar surface area (TPSA) is 26.3 Å². The van der Waals surface area contributed by atoms with Crippen molar-refractivity contribution >= 4 is 5.97 Å². The molecule has 1 aliphatic heterocycles. The summed E-state index contributed by atoms with van der Waals surface area (Å²) in [6.45, 7) is 0. The molecule has 79 valence electrons. The van der Waals surface area contributed by atoms with E-state index >= 15 is 0 Å². The Balaban J connectivity index is 2.04. The maximum absolute atomic E-state index is 11.5. The summed E-state index contributed by atoms with van der Waals surface area (Å²) in [4.78, 5) is 11.5. The number of carbonyl (C=O) groups excluding carboxylic acids is 1. The van der Waals surface area contributed by atoms with Gasteiger partial charge in [-0.05, 0) is 11.6 Å². The maximum atomic E-state index is 11.5. The highest BCUT2D eigenvalue weighted by Crippen LogP contribution is 2.35. The van der Waals surface area contributed by atoms with E-state index in [1.165, 1.54) is 0 Å². The van der Waals surface area contributed by atoms with Crippen molar-refractivity contribution in [2.45, 2.75) is 6.10 Å². The number of allylic oxidation sites excluding steroid dienone is 7. The first-order valence-electron chi connectivity index (χ1n) is 5.39. The second-order valence-electron chi connectivity index (χ2n) is 4.07. The van der Waals surface area contributed by atoms with E-state index in [2.05, 4.69) is 18.2 Å². The van der Waals surface area contributed by atoms with Crippen molar-refractivity contribution in [3.8, 4) is 0 Å². The van der Waals surface area contributed by atoms with Gasteiger partial charge >= 0.3 is 5.97 Å². The van der Waals surface area contributed by atoms with Gasteiger partial charge in [0.15, 0.2) is 0 Å². The standard InChI is InChI=1S/C14H11O2/c15-14-9-10-5-1-2-6-11(10)12-7-3-4-8-13(12)16-14/h1-8,11-13H. The van der Waals surface area contributed by atoms with E-state index in [-0.39, 0.29) is 23.9 Å². The molecule has 3 rings (SSSR count). The van der Waals surface area contributed by atoms with Gasteiger partial charge in [0.1, 0.15) is 6.10 Å². The van der Waals surface area contributed by atoms with E-state index in [4.69, 9.17) is 4.74 Å². The third kappa shape index (κ3) is 1.47. The second kappa shape index (κ2) is 3.63. The number of hydrogen-bond acceptors (Lipinski definition) is 2. The molecule has 0 aromatic heterocycles. The lowest BCUT2D eigenvalue weighted by Crippen LogP contribution is -2.28. The van der Waals surface area contributed by atoms with Gasteiger partial charge in [-0.25, -0.2) is 4.79 Å². The minimum Gasteiger partial charge on any atom is -0.454 e. The van der Waals surface area contributed by atoms with Gasteiger partial charge in [0, 0.05) is 11.8 Å². The van der Waals surface area contributed by atoms with Gasteiger partial charge < -0.3 is 4.74 Å². The average molecular weight is 211 g/mol. The fraction of sp³-hybridized carbons (Fsp3) is 0.214. The fourth-order valence-electron chi connectivity index (χ4n) is 2.34. The molecule has 1 radical (unpaired) electrons. The smallest absolute Gasteiger partial charge is 0.339 e. The van der Waals surface area contributed by atoms with Gasteiger partial charge in [-0.2, -0.15) is 0 Å². The molecular formula is C14H11O2. The van der Waals surface area contributed by atoms with Crippen LogP contribution in [0.3, 0.4) is 0 Å². The number of fused-ring (bicyclic) bond motifs is 3. The van der Waals surface area contributed by atoms with Crippen LogP contribution in [-0.2, 0) is 9.53 Å². The third-order valence-electron chi connectivity index (χ3n) is 3.09. The number of carbonyl (C=O) groups is 1. The average Bonchev–Trinajstić information content (AvgIpc) is 2.44. The normalized spacial score (nSPS) is 34.9. The first-order chi connectivity index (χ1) is 7.84. The lowest BCUT2D eigenvalue weighted by Gasteiger charge is -2.28. The highest BCUT2D eigenvalue weighted by molar-refractivity contribution is 5.80. The van der Waals surface area contributed by atoms with Crippen molar-refractivity contribution in [1.29, 1.82) is 0 Å². The van der Waals surface area contributed by atoms with E-state index in [9.17, 15) is 4.79 Å². The molecule has 0 saturated carbocycles. The predicted octanol–water partition coefficient (Wildman–Crippen LogP) is 2.13. The summed E-state index contributed by atoms with van der Waals surface area (Å²) in [5.74, 6) is 0.0233. The zero-order valence-corrected chi connectivity index (χ0v) is 8.67. The molecule has 3 aliphatic rings. The van der Waals surface area contributed by atoms with Crippen molar-refractivity contribution in [1.82, 2.24) is 0 Å². The molecule has 3 atom stereocenters. The second-order valence-corrected chi connectivity index (χ2v) is 4.07. The van der Waals surface area contributed by atoms with Crippen LogP contribution in [0.2, 0.25) is 0 Å².